The van der Waals surface area contributed by atoms with Crippen LogP contribution < -0.4 is 11.1 Å². The summed E-state index contributed by atoms with van der Waals surface area (Å²) < 4.78 is 0. The molecule has 4 heteroatoms. The Morgan fingerprint density at radius 1 is 1.14 bits per heavy atom. The minimum atomic E-state index is -0.132. The van der Waals surface area contributed by atoms with Gasteiger partial charge in [-0.15, -0.1) is 0 Å². The Hall–Kier alpha value is -2.33. The standard InChI is InChI=1S/C17H21N3O/c1-13(18)15-8-10-16(11-9-15)19-17(21)20(2)12-14-6-4-3-5-7-14/h3-11,13H,12,18H2,1-2H3,(H,19,21). The first-order valence-corrected chi connectivity index (χ1v) is 6.98. The zero-order chi connectivity index (χ0) is 15.2. The Kier molecular flexibility index (Phi) is 4.95. The van der Waals surface area contributed by atoms with Gasteiger partial charge in [-0.2, -0.15) is 0 Å². The van der Waals surface area contributed by atoms with E-state index >= 15 is 0 Å². The van der Waals surface area contributed by atoms with Gasteiger partial charge in [-0.25, -0.2) is 4.79 Å². The van der Waals surface area contributed by atoms with E-state index in [0.29, 0.717) is 6.54 Å². The number of anilines is 1. The first kappa shape index (κ1) is 15.1. The lowest BCUT2D eigenvalue weighted by atomic mass is 10.1. The van der Waals surface area contributed by atoms with Crippen LogP contribution in [-0.2, 0) is 6.54 Å². The minimum Gasteiger partial charge on any atom is -0.324 e. The molecule has 1 unspecified atom stereocenters. The monoisotopic (exact) mass is 283 g/mol. The first-order chi connectivity index (χ1) is 10.1. The normalized spacial score (nSPS) is 11.8. The number of hydrogen-bond donors (Lipinski definition) is 2. The first-order valence-electron chi connectivity index (χ1n) is 6.98. The molecule has 2 amide bonds. The summed E-state index contributed by atoms with van der Waals surface area (Å²) in [5.74, 6) is 0. The van der Waals surface area contributed by atoms with Crippen LogP contribution >= 0.6 is 0 Å². The van der Waals surface area contributed by atoms with Crippen molar-refractivity contribution in [3.8, 4) is 0 Å². The molecular formula is C17H21N3O. The van der Waals surface area contributed by atoms with E-state index in [0.717, 1.165) is 16.8 Å². The third kappa shape index (κ3) is 4.33. The van der Waals surface area contributed by atoms with Crippen LogP contribution in [0.2, 0.25) is 0 Å². The zero-order valence-corrected chi connectivity index (χ0v) is 12.4. The van der Waals surface area contributed by atoms with Gasteiger partial charge < -0.3 is 16.0 Å². The number of nitrogens with one attached hydrogen (secondary N) is 1. The van der Waals surface area contributed by atoms with Crippen molar-refractivity contribution in [2.75, 3.05) is 12.4 Å². The Morgan fingerprint density at radius 2 is 1.76 bits per heavy atom. The second kappa shape index (κ2) is 6.90. The molecule has 110 valence electrons. The highest BCUT2D eigenvalue weighted by molar-refractivity contribution is 5.89. The van der Waals surface area contributed by atoms with E-state index < -0.39 is 0 Å². The van der Waals surface area contributed by atoms with Crippen molar-refractivity contribution in [1.29, 1.82) is 0 Å². The fourth-order valence-corrected chi connectivity index (χ4v) is 2.02. The lowest BCUT2D eigenvalue weighted by molar-refractivity contribution is 0.220. The topological polar surface area (TPSA) is 58.4 Å². The number of rotatable bonds is 4. The number of nitrogens with zero attached hydrogens (tertiary/aromatic N) is 1. The van der Waals surface area contributed by atoms with Crippen LogP contribution in [0.1, 0.15) is 24.1 Å². The van der Waals surface area contributed by atoms with Crippen LogP contribution in [0.15, 0.2) is 54.6 Å². The Balaban J connectivity index is 1.94. The van der Waals surface area contributed by atoms with E-state index in [-0.39, 0.29) is 12.1 Å². The van der Waals surface area contributed by atoms with Crippen LogP contribution in [0.5, 0.6) is 0 Å². The summed E-state index contributed by atoms with van der Waals surface area (Å²) in [4.78, 5) is 13.8. The van der Waals surface area contributed by atoms with Crippen molar-refractivity contribution in [2.24, 2.45) is 5.73 Å². The Bertz CT molecular complexity index is 579. The molecule has 0 spiro atoms. The predicted molar refractivity (Wildman–Crippen MR) is 86.0 cm³/mol. The molecule has 0 bridgehead atoms. The van der Waals surface area contributed by atoms with Crippen LogP contribution in [0.3, 0.4) is 0 Å². The number of hydrogen-bond acceptors (Lipinski definition) is 2. The van der Waals surface area contributed by atoms with Crippen molar-refractivity contribution in [3.63, 3.8) is 0 Å². The third-order valence-electron chi connectivity index (χ3n) is 3.30. The molecule has 0 radical (unpaired) electrons. The van der Waals surface area contributed by atoms with Crippen LogP contribution in [0.4, 0.5) is 10.5 Å². The molecule has 21 heavy (non-hydrogen) atoms. The summed E-state index contributed by atoms with van der Waals surface area (Å²) >= 11 is 0. The molecule has 4 nitrogen and oxygen atoms in total. The highest BCUT2D eigenvalue weighted by Crippen LogP contribution is 2.14. The molecule has 0 aliphatic rings. The molecule has 1 atom stereocenters. The Morgan fingerprint density at radius 3 is 2.33 bits per heavy atom. The van der Waals surface area contributed by atoms with Crippen molar-refractivity contribution in [1.82, 2.24) is 4.90 Å². The van der Waals surface area contributed by atoms with Gasteiger partial charge in [-0.1, -0.05) is 42.5 Å². The van der Waals surface area contributed by atoms with Crippen LogP contribution in [0.25, 0.3) is 0 Å². The molecule has 0 aliphatic carbocycles. The quantitative estimate of drug-likeness (QED) is 0.903. The molecular weight excluding hydrogens is 262 g/mol. The van der Waals surface area contributed by atoms with Crippen LogP contribution in [0, 0.1) is 0 Å². The number of carbonyl (C=O) groups is 1. The lowest BCUT2D eigenvalue weighted by Gasteiger charge is -2.18. The summed E-state index contributed by atoms with van der Waals surface area (Å²) in [6.07, 6.45) is 0. The number of amides is 2. The van der Waals surface area contributed by atoms with E-state index in [1.807, 2.05) is 61.5 Å². The van der Waals surface area contributed by atoms with Crippen molar-refractivity contribution < 1.29 is 4.79 Å². The van der Waals surface area contributed by atoms with Gasteiger partial charge in [0.1, 0.15) is 0 Å². The summed E-state index contributed by atoms with van der Waals surface area (Å²) in [6.45, 7) is 2.51. The SMILES string of the molecule is CC(N)c1ccc(NC(=O)N(C)Cc2ccccc2)cc1. The largest absolute Gasteiger partial charge is 0.324 e. The smallest absolute Gasteiger partial charge is 0.321 e. The van der Waals surface area contributed by atoms with Crippen molar-refractivity contribution >= 4 is 11.7 Å². The predicted octanol–water partition coefficient (Wildman–Crippen LogP) is 3.37. The van der Waals surface area contributed by atoms with Gasteiger partial charge in [0.05, 0.1) is 0 Å². The van der Waals surface area contributed by atoms with E-state index in [1.54, 1.807) is 11.9 Å². The maximum atomic E-state index is 12.1. The third-order valence-corrected chi connectivity index (χ3v) is 3.30. The van der Waals surface area contributed by atoms with Crippen LogP contribution in [-0.4, -0.2) is 18.0 Å². The summed E-state index contributed by atoms with van der Waals surface area (Å²) in [5, 5.41) is 2.87. The maximum Gasteiger partial charge on any atom is 0.321 e. The minimum absolute atomic E-state index is 0.00416. The van der Waals surface area contributed by atoms with Gasteiger partial charge >= 0.3 is 6.03 Å². The molecule has 0 aromatic heterocycles. The van der Waals surface area contributed by atoms with E-state index in [4.69, 9.17) is 5.73 Å². The zero-order valence-electron chi connectivity index (χ0n) is 12.4. The van der Waals surface area contributed by atoms with Gasteiger partial charge in [0.25, 0.3) is 0 Å². The molecule has 0 saturated heterocycles. The maximum absolute atomic E-state index is 12.1. The number of urea groups is 1. The van der Waals surface area contributed by atoms with Gasteiger partial charge in [-0.3, -0.25) is 0 Å². The lowest BCUT2D eigenvalue weighted by Crippen LogP contribution is -2.30. The molecule has 2 aromatic rings. The second-order valence-electron chi connectivity index (χ2n) is 5.18. The molecule has 0 fully saturated rings. The van der Waals surface area contributed by atoms with Crippen molar-refractivity contribution in [3.05, 3.63) is 65.7 Å². The summed E-state index contributed by atoms with van der Waals surface area (Å²) in [5.41, 5.74) is 8.72. The summed E-state index contributed by atoms with van der Waals surface area (Å²) in [7, 11) is 1.78. The number of nitrogens with two attached hydrogens (primary N) is 1. The fourth-order valence-electron chi connectivity index (χ4n) is 2.02. The number of benzene rings is 2. The van der Waals surface area contributed by atoms with Gasteiger partial charge in [-0.05, 0) is 30.2 Å². The van der Waals surface area contributed by atoms with E-state index in [9.17, 15) is 4.79 Å². The summed E-state index contributed by atoms with van der Waals surface area (Å²) in [6, 6.07) is 17.4. The van der Waals surface area contributed by atoms with Gasteiger partial charge in [0, 0.05) is 25.3 Å². The van der Waals surface area contributed by atoms with Crippen molar-refractivity contribution in [2.45, 2.75) is 19.5 Å². The molecule has 3 N–H and O–H groups in total. The molecule has 0 heterocycles. The second-order valence-corrected chi connectivity index (χ2v) is 5.18. The van der Waals surface area contributed by atoms with E-state index in [2.05, 4.69) is 5.32 Å². The van der Waals surface area contributed by atoms with E-state index in [1.165, 1.54) is 0 Å². The van der Waals surface area contributed by atoms with Gasteiger partial charge in [0.15, 0.2) is 0 Å². The fraction of sp³-hybridized carbons (Fsp3) is 0.235. The highest BCUT2D eigenvalue weighted by atomic mass is 16.2. The molecule has 0 saturated carbocycles. The Labute approximate surface area is 125 Å². The molecule has 2 rings (SSSR count). The average Bonchev–Trinajstić information content (AvgIpc) is 2.48. The highest BCUT2D eigenvalue weighted by Gasteiger charge is 2.09. The average molecular weight is 283 g/mol. The molecule has 2 aromatic carbocycles. The molecule has 0 aliphatic heterocycles. The number of carbonyl (C=O) groups excluding carboxylic acids is 1. The van der Waals surface area contributed by atoms with Gasteiger partial charge in [0.2, 0.25) is 0 Å².